The molecule has 0 spiro atoms. The summed E-state index contributed by atoms with van der Waals surface area (Å²) in [5.74, 6) is -4.56. The summed E-state index contributed by atoms with van der Waals surface area (Å²) >= 11 is 0. The Morgan fingerprint density at radius 1 is 0.919 bits per heavy atom. The number of carbonyl (C=O) groups is 6. The molecule has 1 heterocycles. The number of rotatable bonds is 14. The van der Waals surface area contributed by atoms with E-state index in [-0.39, 0.29) is 38.6 Å². The largest absolute Gasteiger partial charge is 0.480 e. The molecule has 0 aliphatic carbocycles. The van der Waals surface area contributed by atoms with Crippen LogP contribution in [0.5, 0.6) is 0 Å². The van der Waals surface area contributed by atoms with Gasteiger partial charge in [0.2, 0.25) is 29.5 Å². The summed E-state index contributed by atoms with van der Waals surface area (Å²) in [4.78, 5) is 74.4. The average Bonchev–Trinajstić information content (AvgIpc) is 3.35. The van der Waals surface area contributed by atoms with E-state index in [1.54, 1.807) is 30.3 Å². The predicted molar refractivity (Wildman–Crippen MR) is 131 cm³/mol. The molecule has 1 fully saturated rings. The number of carboxylic acid groups (broad SMARTS) is 1. The van der Waals surface area contributed by atoms with Crippen LogP contribution in [0.1, 0.15) is 44.1 Å². The number of aliphatic carboxylic acids is 1. The molecule has 5 amide bonds. The standard InChI is InChI=1S/C24H34N6O7/c25-15(8-10-19(26)31)21(33)28-16(9-11-20(27)32)22(34)29-17(13-14-5-2-1-3-6-14)23(35)30-12-4-7-18(30)24(36)37/h1-3,5-6,15-18H,4,7-13,25H2,(H2,26,31)(H2,27,32)(H,28,33)(H,29,34)(H,36,37). The number of hydrogen-bond donors (Lipinski definition) is 6. The second-order valence-electron chi connectivity index (χ2n) is 8.96. The molecule has 1 aliphatic rings. The van der Waals surface area contributed by atoms with Gasteiger partial charge in [0.25, 0.3) is 0 Å². The molecule has 9 N–H and O–H groups in total. The van der Waals surface area contributed by atoms with Crippen LogP contribution in [0.15, 0.2) is 30.3 Å². The van der Waals surface area contributed by atoms with Crippen LogP contribution in [-0.2, 0) is 35.2 Å². The van der Waals surface area contributed by atoms with Crippen LogP contribution in [0.3, 0.4) is 0 Å². The van der Waals surface area contributed by atoms with Crippen molar-refractivity contribution in [2.75, 3.05) is 6.54 Å². The Balaban J connectivity index is 2.23. The summed E-state index contributed by atoms with van der Waals surface area (Å²) in [5.41, 5.74) is 16.8. The molecular weight excluding hydrogens is 484 g/mol. The monoisotopic (exact) mass is 518 g/mol. The van der Waals surface area contributed by atoms with E-state index in [1.165, 1.54) is 4.90 Å². The van der Waals surface area contributed by atoms with E-state index in [1.807, 2.05) is 0 Å². The highest BCUT2D eigenvalue weighted by molar-refractivity contribution is 5.94. The molecule has 4 unspecified atom stereocenters. The maximum atomic E-state index is 13.4. The smallest absolute Gasteiger partial charge is 0.326 e. The number of likely N-dealkylation sites (tertiary alicyclic amines) is 1. The van der Waals surface area contributed by atoms with E-state index in [4.69, 9.17) is 17.2 Å². The minimum atomic E-state index is -1.26. The van der Waals surface area contributed by atoms with Gasteiger partial charge < -0.3 is 37.8 Å². The van der Waals surface area contributed by atoms with Crippen molar-refractivity contribution in [2.24, 2.45) is 17.2 Å². The van der Waals surface area contributed by atoms with Gasteiger partial charge >= 0.3 is 5.97 Å². The second kappa shape index (κ2) is 13.9. The van der Waals surface area contributed by atoms with Crippen LogP contribution in [0.25, 0.3) is 0 Å². The van der Waals surface area contributed by atoms with Gasteiger partial charge in [0.05, 0.1) is 6.04 Å². The summed E-state index contributed by atoms with van der Waals surface area (Å²) in [6, 6.07) is 4.29. The molecule has 2 rings (SSSR count). The SMILES string of the molecule is NC(=O)CCC(N)C(=O)NC(CCC(N)=O)C(=O)NC(Cc1ccccc1)C(=O)N1CCCC1C(=O)O. The quantitative estimate of drug-likeness (QED) is 0.163. The Morgan fingerprint density at radius 3 is 2.11 bits per heavy atom. The van der Waals surface area contributed by atoms with Crippen LogP contribution in [0.2, 0.25) is 0 Å². The molecule has 0 saturated carbocycles. The number of nitrogens with zero attached hydrogens (tertiary/aromatic N) is 1. The minimum Gasteiger partial charge on any atom is -0.480 e. The first kappa shape index (κ1) is 29.2. The van der Waals surface area contributed by atoms with Gasteiger partial charge in [-0.2, -0.15) is 0 Å². The lowest BCUT2D eigenvalue weighted by molar-refractivity contribution is -0.149. The van der Waals surface area contributed by atoms with E-state index in [0.717, 1.165) is 5.56 Å². The first-order valence-corrected chi connectivity index (χ1v) is 12.0. The molecule has 0 bridgehead atoms. The third-order valence-electron chi connectivity index (χ3n) is 6.07. The average molecular weight is 519 g/mol. The number of carbonyl (C=O) groups excluding carboxylic acids is 5. The molecule has 37 heavy (non-hydrogen) atoms. The second-order valence-corrected chi connectivity index (χ2v) is 8.96. The third-order valence-corrected chi connectivity index (χ3v) is 6.07. The lowest BCUT2D eigenvalue weighted by atomic mass is 10.0. The number of amides is 5. The van der Waals surface area contributed by atoms with Crippen molar-refractivity contribution in [1.82, 2.24) is 15.5 Å². The van der Waals surface area contributed by atoms with E-state index < -0.39 is 59.7 Å². The van der Waals surface area contributed by atoms with E-state index >= 15 is 0 Å². The first-order chi connectivity index (χ1) is 17.5. The zero-order chi connectivity index (χ0) is 27.5. The third kappa shape index (κ3) is 9.18. The van der Waals surface area contributed by atoms with Crippen molar-refractivity contribution in [3.63, 3.8) is 0 Å². The van der Waals surface area contributed by atoms with Crippen LogP contribution in [0.4, 0.5) is 0 Å². The maximum Gasteiger partial charge on any atom is 0.326 e. The summed E-state index contributed by atoms with van der Waals surface area (Å²) in [5, 5.41) is 14.6. The lowest BCUT2D eigenvalue weighted by Gasteiger charge is -2.29. The number of carboxylic acids is 1. The van der Waals surface area contributed by atoms with Gasteiger partial charge in [-0.1, -0.05) is 30.3 Å². The normalized spacial score (nSPS) is 17.3. The van der Waals surface area contributed by atoms with Gasteiger partial charge in [0.15, 0.2) is 0 Å². The van der Waals surface area contributed by atoms with Gasteiger partial charge in [-0.05, 0) is 31.2 Å². The van der Waals surface area contributed by atoms with Gasteiger partial charge in [-0.15, -0.1) is 0 Å². The summed E-state index contributed by atoms with van der Waals surface area (Å²) < 4.78 is 0. The molecule has 13 nitrogen and oxygen atoms in total. The number of nitrogens with two attached hydrogens (primary N) is 3. The Bertz CT molecular complexity index is 1000. The number of nitrogens with one attached hydrogen (secondary N) is 2. The molecule has 4 atom stereocenters. The first-order valence-electron chi connectivity index (χ1n) is 12.0. The molecule has 1 saturated heterocycles. The topological polar surface area (TPSA) is 228 Å². The highest BCUT2D eigenvalue weighted by atomic mass is 16.4. The van der Waals surface area contributed by atoms with E-state index in [0.29, 0.717) is 12.8 Å². The molecule has 0 radical (unpaired) electrons. The number of primary amides is 2. The van der Waals surface area contributed by atoms with E-state index in [2.05, 4.69) is 10.6 Å². The molecule has 202 valence electrons. The predicted octanol–water partition coefficient (Wildman–Crippen LogP) is -1.87. The molecule has 1 aromatic carbocycles. The van der Waals surface area contributed by atoms with Crippen molar-refractivity contribution in [1.29, 1.82) is 0 Å². The van der Waals surface area contributed by atoms with Crippen molar-refractivity contribution >= 4 is 35.5 Å². The Labute approximate surface area is 214 Å². The molecule has 13 heteroatoms. The summed E-state index contributed by atoms with van der Waals surface area (Å²) in [6.45, 7) is 0.230. The number of benzene rings is 1. The number of hydrogen-bond acceptors (Lipinski definition) is 7. The molecular formula is C24H34N6O7. The van der Waals surface area contributed by atoms with Crippen molar-refractivity contribution in [3.05, 3.63) is 35.9 Å². The highest BCUT2D eigenvalue weighted by Crippen LogP contribution is 2.20. The van der Waals surface area contributed by atoms with Gasteiger partial charge in [-0.25, -0.2) is 4.79 Å². The van der Waals surface area contributed by atoms with Crippen LogP contribution >= 0.6 is 0 Å². The van der Waals surface area contributed by atoms with Gasteiger partial charge in [-0.3, -0.25) is 24.0 Å². The van der Waals surface area contributed by atoms with Gasteiger partial charge in [0.1, 0.15) is 18.1 Å². The van der Waals surface area contributed by atoms with Crippen LogP contribution < -0.4 is 27.8 Å². The van der Waals surface area contributed by atoms with Gasteiger partial charge in [0, 0.05) is 25.8 Å². The zero-order valence-corrected chi connectivity index (χ0v) is 20.4. The molecule has 0 aromatic heterocycles. The fourth-order valence-corrected chi connectivity index (χ4v) is 4.07. The van der Waals surface area contributed by atoms with Crippen LogP contribution in [-0.4, -0.2) is 76.2 Å². The minimum absolute atomic E-state index is 0.0496. The van der Waals surface area contributed by atoms with Crippen LogP contribution in [0, 0.1) is 0 Å². The Morgan fingerprint density at radius 2 is 1.51 bits per heavy atom. The van der Waals surface area contributed by atoms with E-state index in [9.17, 15) is 33.9 Å². The highest BCUT2D eigenvalue weighted by Gasteiger charge is 2.38. The van der Waals surface area contributed by atoms with Crippen molar-refractivity contribution < 1.29 is 33.9 Å². The zero-order valence-electron chi connectivity index (χ0n) is 20.4. The summed E-state index contributed by atoms with van der Waals surface area (Å²) in [7, 11) is 0. The molecule has 1 aromatic rings. The fraction of sp³-hybridized carbons (Fsp3) is 0.500. The molecule has 1 aliphatic heterocycles. The Hall–Kier alpha value is -4.00. The lowest BCUT2D eigenvalue weighted by Crippen LogP contribution is -2.57. The summed E-state index contributed by atoms with van der Waals surface area (Å²) in [6.07, 6.45) is 0.293. The Kier molecular flexibility index (Phi) is 11.0. The van der Waals surface area contributed by atoms with Crippen molar-refractivity contribution in [2.45, 2.75) is 69.1 Å². The van der Waals surface area contributed by atoms with Crippen molar-refractivity contribution in [3.8, 4) is 0 Å². The maximum absolute atomic E-state index is 13.4. The fourth-order valence-electron chi connectivity index (χ4n) is 4.07.